The van der Waals surface area contributed by atoms with Gasteiger partial charge in [-0.05, 0) is 47.8 Å². The minimum atomic E-state index is -0.245. The molecule has 7 heteroatoms. The van der Waals surface area contributed by atoms with Crippen molar-refractivity contribution in [3.8, 4) is 0 Å². The van der Waals surface area contributed by atoms with E-state index in [0.29, 0.717) is 10.2 Å². The van der Waals surface area contributed by atoms with Crippen LogP contribution in [0.1, 0.15) is 16.7 Å². The highest BCUT2D eigenvalue weighted by atomic mass is 79.9. The third-order valence-electron chi connectivity index (χ3n) is 3.79. The maximum Gasteiger partial charge on any atom is 0.282 e. The highest BCUT2D eigenvalue weighted by Crippen LogP contribution is 2.23. The lowest BCUT2D eigenvalue weighted by molar-refractivity contribution is -0.114. The molecule has 128 valence electrons. The van der Waals surface area contributed by atoms with Crippen molar-refractivity contribution in [3.63, 3.8) is 0 Å². The number of hydrogen-bond acceptors (Lipinski definition) is 4. The molecule has 2 aromatic rings. The van der Waals surface area contributed by atoms with Crippen molar-refractivity contribution in [2.75, 3.05) is 23.8 Å². The van der Waals surface area contributed by atoms with Crippen LogP contribution in [0.4, 0.5) is 11.4 Å². The smallest absolute Gasteiger partial charge is 0.282 e. The van der Waals surface area contributed by atoms with Crippen LogP contribution in [0.2, 0.25) is 0 Å². The summed E-state index contributed by atoms with van der Waals surface area (Å²) in [5.74, 6) is -0.153. The molecule has 0 aliphatic heterocycles. The van der Waals surface area contributed by atoms with Crippen LogP contribution in [-0.4, -0.2) is 29.3 Å². The van der Waals surface area contributed by atoms with Crippen molar-refractivity contribution in [2.45, 2.75) is 20.8 Å². The lowest BCUT2D eigenvalue weighted by Crippen LogP contribution is -2.32. The summed E-state index contributed by atoms with van der Waals surface area (Å²) in [5.41, 5.74) is 4.38. The largest absolute Gasteiger partial charge is 0.363 e. The van der Waals surface area contributed by atoms with Gasteiger partial charge in [0.25, 0.3) is 5.56 Å². The molecule has 0 saturated heterocycles. The summed E-state index contributed by atoms with van der Waals surface area (Å²) < 4.78 is 1.62. The molecular formula is C17H21BrN4O2. The fourth-order valence-electron chi connectivity index (χ4n) is 2.62. The molecule has 0 fully saturated rings. The molecule has 24 heavy (non-hydrogen) atoms. The maximum atomic E-state index is 12.4. The van der Waals surface area contributed by atoms with Crippen LogP contribution in [0, 0.1) is 20.8 Å². The number of nitrogens with one attached hydrogen (secondary N) is 1. The lowest BCUT2D eigenvalue weighted by Gasteiger charge is -2.20. The number of aromatic nitrogens is 2. The first-order valence-electron chi connectivity index (χ1n) is 7.51. The molecule has 0 aliphatic carbocycles. The number of benzene rings is 1. The number of aryl methyl sites for hydroxylation is 4. The van der Waals surface area contributed by atoms with Gasteiger partial charge in [0.05, 0.1) is 18.4 Å². The molecule has 1 amide bonds. The van der Waals surface area contributed by atoms with Crippen LogP contribution in [0.15, 0.2) is 27.6 Å². The molecular weight excluding hydrogens is 372 g/mol. The molecule has 2 rings (SSSR count). The van der Waals surface area contributed by atoms with Crippen molar-refractivity contribution in [1.29, 1.82) is 0 Å². The highest BCUT2D eigenvalue weighted by Gasteiger charge is 2.15. The second kappa shape index (κ2) is 7.17. The van der Waals surface area contributed by atoms with E-state index in [1.165, 1.54) is 4.68 Å². The summed E-state index contributed by atoms with van der Waals surface area (Å²) >= 11 is 3.27. The molecule has 1 N–H and O–H groups in total. The van der Waals surface area contributed by atoms with Crippen LogP contribution in [0.5, 0.6) is 0 Å². The number of anilines is 2. The second-order valence-corrected chi connectivity index (χ2v) is 6.74. The fraction of sp³-hybridized carbons (Fsp3) is 0.353. The number of rotatable bonds is 4. The average molecular weight is 393 g/mol. The minimum Gasteiger partial charge on any atom is -0.363 e. The average Bonchev–Trinajstić information content (AvgIpc) is 2.48. The number of halogens is 1. The highest BCUT2D eigenvalue weighted by molar-refractivity contribution is 9.10. The fourth-order valence-corrected chi connectivity index (χ4v) is 3.29. The van der Waals surface area contributed by atoms with E-state index in [-0.39, 0.29) is 18.0 Å². The zero-order valence-corrected chi connectivity index (χ0v) is 16.1. The van der Waals surface area contributed by atoms with Crippen LogP contribution < -0.4 is 15.8 Å². The van der Waals surface area contributed by atoms with Gasteiger partial charge in [-0.15, -0.1) is 0 Å². The van der Waals surface area contributed by atoms with Gasteiger partial charge in [0.2, 0.25) is 5.91 Å². The Morgan fingerprint density at radius 2 is 1.88 bits per heavy atom. The van der Waals surface area contributed by atoms with E-state index in [4.69, 9.17) is 0 Å². The van der Waals surface area contributed by atoms with Crippen molar-refractivity contribution < 1.29 is 4.79 Å². The molecule has 0 saturated carbocycles. The van der Waals surface area contributed by atoms with Gasteiger partial charge < -0.3 is 10.2 Å². The molecule has 0 aliphatic rings. The Bertz CT molecular complexity index is 822. The molecule has 0 bridgehead atoms. The molecule has 1 aromatic carbocycles. The van der Waals surface area contributed by atoms with Gasteiger partial charge in [-0.2, -0.15) is 5.10 Å². The SMILES string of the molecule is Cc1cc(C)c(NC(=O)CN(C)c2cnn(C)c(=O)c2Br)c(C)c1. The summed E-state index contributed by atoms with van der Waals surface area (Å²) in [6.45, 7) is 6.08. The number of hydrogen-bond donors (Lipinski definition) is 1. The Morgan fingerprint density at radius 1 is 1.29 bits per heavy atom. The van der Waals surface area contributed by atoms with Gasteiger partial charge >= 0.3 is 0 Å². The van der Waals surface area contributed by atoms with E-state index in [0.717, 1.165) is 22.4 Å². The predicted octanol–water partition coefficient (Wildman–Crippen LogP) is 2.54. The molecule has 0 radical (unpaired) electrons. The van der Waals surface area contributed by atoms with Gasteiger partial charge in [-0.25, -0.2) is 4.68 Å². The first kappa shape index (κ1) is 18.2. The van der Waals surface area contributed by atoms with Crippen LogP contribution in [0.3, 0.4) is 0 Å². The number of nitrogens with zero attached hydrogens (tertiary/aromatic N) is 3. The third-order valence-corrected chi connectivity index (χ3v) is 4.54. The van der Waals surface area contributed by atoms with Crippen molar-refractivity contribution in [2.24, 2.45) is 7.05 Å². The van der Waals surface area contributed by atoms with Crippen molar-refractivity contribution in [3.05, 3.63) is 49.8 Å². The normalized spacial score (nSPS) is 10.6. The zero-order valence-electron chi connectivity index (χ0n) is 14.5. The van der Waals surface area contributed by atoms with Crippen LogP contribution >= 0.6 is 15.9 Å². The number of carbonyl (C=O) groups excluding carboxylic acids is 1. The first-order chi connectivity index (χ1) is 11.2. The maximum absolute atomic E-state index is 12.4. The first-order valence-corrected chi connectivity index (χ1v) is 8.30. The molecule has 6 nitrogen and oxygen atoms in total. The molecule has 0 unspecified atom stereocenters. The molecule has 0 spiro atoms. The Labute approximate surface area is 149 Å². The van der Waals surface area contributed by atoms with E-state index in [9.17, 15) is 9.59 Å². The quantitative estimate of drug-likeness (QED) is 0.867. The lowest BCUT2D eigenvalue weighted by atomic mass is 10.1. The van der Waals surface area contributed by atoms with Gasteiger partial charge in [0.1, 0.15) is 4.47 Å². The van der Waals surface area contributed by atoms with Gasteiger partial charge in [0, 0.05) is 19.8 Å². The standard InChI is InChI=1S/C17H21BrN4O2/c1-10-6-11(2)16(12(3)7-10)20-14(23)9-21(4)13-8-19-22(5)17(24)15(13)18/h6-8H,9H2,1-5H3,(H,20,23). The predicted molar refractivity (Wildman–Crippen MR) is 99.7 cm³/mol. The topological polar surface area (TPSA) is 67.2 Å². The Kier molecular flexibility index (Phi) is 5.43. The Morgan fingerprint density at radius 3 is 2.46 bits per heavy atom. The Balaban J connectivity index is 2.16. The number of likely N-dealkylation sites (N-methyl/N-ethyl adjacent to an activating group) is 1. The third kappa shape index (κ3) is 3.84. The zero-order chi connectivity index (χ0) is 18.0. The summed E-state index contributed by atoms with van der Waals surface area (Å²) in [7, 11) is 3.32. The van der Waals surface area contributed by atoms with E-state index in [1.807, 2.05) is 32.9 Å². The monoisotopic (exact) mass is 392 g/mol. The van der Waals surface area contributed by atoms with E-state index >= 15 is 0 Å². The van der Waals surface area contributed by atoms with Gasteiger partial charge in [0.15, 0.2) is 0 Å². The Hall–Kier alpha value is -2.15. The van der Waals surface area contributed by atoms with Crippen molar-refractivity contribution in [1.82, 2.24) is 9.78 Å². The van der Waals surface area contributed by atoms with Gasteiger partial charge in [-0.1, -0.05) is 17.7 Å². The van der Waals surface area contributed by atoms with E-state index < -0.39 is 0 Å². The van der Waals surface area contributed by atoms with Gasteiger partial charge in [-0.3, -0.25) is 9.59 Å². The number of amides is 1. The van der Waals surface area contributed by atoms with Crippen molar-refractivity contribution >= 4 is 33.2 Å². The summed E-state index contributed by atoms with van der Waals surface area (Å²) in [4.78, 5) is 26.0. The second-order valence-electron chi connectivity index (χ2n) is 5.95. The van der Waals surface area contributed by atoms with Crippen LogP contribution in [-0.2, 0) is 11.8 Å². The van der Waals surface area contributed by atoms with E-state index in [1.54, 1.807) is 25.2 Å². The molecule has 1 heterocycles. The summed E-state index contributed by atoms with van der Waals surface area (Å²) in [6, 6.07) is 4.07. The summed E-state index contributed by atoms with van der Waals surface area (Å²) in [6.07, 6.45) is 1.56. The number of carbonyl (C=O) groups is 1. The summed E-state index contributed by atoms with van der Waals surface area (Å²) in [5, 5.41) is 6.94. The molecule has 0 atom stereocenters. The molecule has 1 aromatic heterocycles. The van der Waals surface area contributed by atoms with Crippen LogP contribution in [0.25, 0.3) is 0 Å². The van der Waals surface area contributed by atoms with E-state index in [2.05, 4.69) is 26.3 Å². The minimum absolute atomic E-state index is 0.111.